The van der Waals surface area contributed by atoms with Gasteiger partial charge in [0.25, 0.3) is 0 Å². The molecule has 0 aliphatic rings. The fourth-order valence-electron chi connectivity index (χ4n) is 1.42. The van der Waals surface area contributed by atoms with Crippen LogP contribution >= 0.6 is 23.5 Å². The lowest BCUT2D eigenvalue weighted by Gasteiger charge is -2.09. The molecule has 2 aromatic carbocycles. The van der Waals surface area contributed by atoms with Crippen molar-refractivity contribution in [2.45, 2.75) is 23.6 Å². The van der Waals surface area contributed by atoms with E-state index in [1.807, 2.05) is 23.5 Å². The van der Waals surface area contributed by atoms with E-state index < -0.39 is 0 Å². The average molecular weight is 272 g/mol. The van der Waals surface area contributed by atoms with Crippen LogP contribution in [0.3, 0.4) is 0 Å². The van der Waals surface area contributed by atoms with Gasteiger partial charge in [-0.2, -0.15) is 0 Å². The summed E-state index contributed by atoms with van der Waals surface area (Å²) in [5.74, 6) is 0. The Kier molecular flexibility index (Phi) is 4.97. The average Bonchev–Trinajstić information content (AvgIpc) is 2.40. The van der Waals surface area contributed by atoms with Crippen molar-refractivity contribution < 1.29 is 0 Å². The summed E-state index contributed by atoms with van der Waals surface area (Å²) in [4.78, 5) is 2.58. The normalized spacial score (nSPS) is 10.1. The second kappa shape index (κ2) is 6.72. The van der Waals surface area contributed by atoms with Crippen molar-refractivity contribution in [3.05, 3.63) is 70.5 Å². The Morgan fingerprint density at radius 3 is 1.39 bits per heavy atom. The van der Waals surface area contributed by atoms with Crippen LogP contribution in [0.5, 0.6) is 0 Å². The van der Waals surface area contributed by atoms with E-state index in [-0.39, 0.29) is 0 Å². The Morgan fingerprint density at radius 1 is 0.667 bits per heavy atom. The van der Waals surface area contributed by atoms with Crippen LogP contribution in [0.25, 0.3) is 0 Å². The van der Waals surface area contributed by atoms with Gasteiger partial charge in [0.15, 0.2) is 0 Å². The second-order valence-electron chi connectivity index (χ2n) is 4.12. The number of allylic oxidation sites excluding steroid dienone is 1. The molecule has 0 spiro atoms. The molecular weight excluding hydrogens is 256 g/mol. The van der Waals surface area contributed by atoms with Crippen molar-refractivity contribution in [1.29, 1.82) is 0 Å². The molecule has 18 heavy (non-hydrogen) atoms. The van der Waals surface area contributed by atoms with Crippen LogP contribution in [0.15, 0.2) is 80.3 Å². The molecule has 0 radical (unpaired) electrons. The fourth-order valence-corrected chi connectivity index (χ4v) is 3.58. The van der Waals surface area contributed by atoms with Crippen LogP contribution in [0.2, 0.25) is 0 Å². The molecule has 92 valence electrons. The van der Waals surface area contributed by atoms with E-state index in [1.54, 1.807) is 0 Å². The molecule has 2 heteroatoms. The molecule has 0 aliphatic heterocycles. The van der Waals surface area contributed by atoms with Gasteiger partial charge in [-0.15, -0.1) is 0 Å². The minimum atomic E-state index is 1.29. The third-order valence-electron chi connectivity index (χ3n) is 2.32. The van der Waals surface area contributed by atoms with Crippen molar-refractivity contribution in [3.8, 4) is 0 Å². The lowest BCUT2D eigenvalue weighted by atomic mass is 10.4. The molecule has 2 rings (SSSR count). The molecule has 0 aliphatic carbocycles. The quantitative estimate of drug-likeness (QED) is 0.643. The number of rotatable bonds is 4. The molecule has 0 saturated heterocycles. The molecule has 0 saturated carbocycles. The van der Waals surface area contributed by atoms with Gasteiger partial charge in [0.1, 0.15) is 0 Å². The predicted molar refractivity (Wildman–Crippen MR) is 83.0 cm³/mol. The van der Waals surface area contributed by atoms with Gasteiger partial charge < -0.3 is 0 Å². The summed E-state index contributed by atoms with van der Waals surface area (Å²) in [5, 5.41) is 0. The van der Waals surface area contributed by atoms with E-state index in [1.165, 1.54) is 19.6 Å². The van der Waals surface area contributed by atoms with Gasteiger partial charge in [-0.25, -0.2) is 0 Å². The van der Waals surface area contributed by atoms with Gasteiger partial charge in [0, 0.05) is 14.0 Å². The lowest BCUT2D eigenvalue weighted by Crippen LogP contribution is -1.78. The molecule has 0 unspecified atom stereocenters. The zero-order valence-electron chi connectivity index (χ0n) is 10.6. The van der Waals surface area contributed by atoms with E-state index in [0.717, 1.165) is 0 Å². The molecule has 0 bridgehead atoms. The minimum absolute atomic E-state index is 1.29. The maximum Gasteiger partial charge on any atom is 0.0485 e. The lowest BCUT2D eigenvalue weighted by molar-refractivity contribution is 1.39. The van der Waals surface area contributed by atoms with E-state index >= 15 is 0 Å². The Balaban J connectivity index is 2.14. The Bertz CT molecular complexity index is 468. The Hall–Kier alpha value is -1.12. The van der Waals surface area contributed by atoms with Crippen molar-refractivity contribution in [3.63, 3.8) is 0 Å². The first-order valence-electron chi connectivity index (χ1n) is 5.89. The highest BCUT2D eigenvalue weighted by Crippen LogP contribution is 2.40. The largest absolute Gasteiger partial charge is 0.0828 e. The molecular formula is C16H16S2. The van der Waals surface area contributed by atoms with E-state index in [4.69, 9.17) is 0 Å². The highest BCUT2D eigenvalue weighted by Gasteiger charge is 2.05. The molecule has 0 heterocycles. The number of benzene rings is 2. The third-order valence-corrected chi connectivity index (χ3v) is 5.02. The molecule has 0 aromatic heterocycles. The third kappa shape index (κ3) is 3.97. The summed E-state index contributed by atoms with van der Waals surface area (Å²) in [6, 6.07) is 21.0. The van der Waals surface area contributed by atoms with E-state index in [9.17, 15) is 0 Å². The van der Waals surface area contributed by atoms with Gasteiger partial charge in [-0.05, 0) is 38.1 Å². The topological polar surface area (TPSA) is 0 Å². The highest BCUT2D eigenvalue weighted by molar-refractivity contribution is 8.22. The van der Waals surface area contributed by atoms with Gasteiger partial charge in [-0.1, -0.05) is 65.5 Å². The maximum atomic E-state index is 2.17. The van der Waals surface area contributed by atoms with Crippen LogP contribution in [0.4, 0.5) is 0 Å². The molecule has 2 aromatic rings. The summed E-state index contributed by atoms with van der Waals surface area (Å²) >= 11 is 3.67. The molecule has 0 atom stereocenters. The van der Waals surface area contributed by atoms with Crippen LogP contribution < -0.4 is 0 Å². The standard InChI is InChI=1S/C16H16S2/c1-13(2)16(17-14-9-5-3-6-10-14)18-15-11-7-4-8-12-15/h3-12H,1-2H3. The van der Waals surface area contributed by atoms with Crippen LogP contribution in [0.1, 0.15) is 13.8 Å². The zero-order valence-corrected chi connectivity index (χ0v) is 12.2. The van der Waals surface area contributed by atoms with E-state index in [2.05, 4.69) is 74.5 Å². The van der Waals surface area contributed by atoms with Gasteiger partial charge in [0.05, 0.1) is 0 Å². The molecule has 0 N–H and O–H groups in total. The Morgan fingerprint density at radius 2 is 1.06 bits per heavy atom. The minimum Gasteiger partial charge on any atom is -0.0828 e. The maximum absolute atomic E-state index is 2.17. The van der Waals surface area contributed by atoms with Gasteiger partial charge >= 0.3 is 0 Å². The number of thioether (sulfide) groups is 2. The monoisotopic (exact) mass is 272 g/mol. The van der Waals surface area contributed by atoms with Crippen molar-refractivity contribution >= 4 is 23.5 Å². The highest BCUT2D eigenvalue weighted by atomic mass is 32.2. The van der Waals surface area contributed by atoms with Crippen molar-refractivity contribution in [2.24, 2.45) is 0 Å². The van der Waals surface area contributed by atoms with Crippen LogP contribution in [0, 0.1) is 0 Å². The summed E-state index contributed by atoms with van der Waals surface area (Å²) in [6.07, 6.45) is 0. The molecule has 0 fully saturated rings. The van der Waals surface area contributed by atoms with Crippen molar-refractivity contribution in [1.82, 2.24) is 0 Å². The first kappa shape index (κ1) is 13.3. The second-order valence-corrected chi connectivity index (χ2v) is 6.54. The molecule has 0 amide bonds. The summed E-state index contributed by atoms with van der Waals surface area (Å²) < 4.78 is 1.35. The van der Waals surface area contributed by atoms with Crippen LogP contribution in [-0.4, -0.2) is 0 Å². The number of hydrogen-bond donors (Lipinski definition) is 0. The zero-order chi connectivity index (χ0) is 12.8. The predicted octanol–water partition coefficient (Wildman–Crippen LogP) is 5.82. The van der Waals surface area contributed by atoms with Gasteiger partial charge in [-0.3, -0.25) is 0 Å². The Labute approximate surface area is 118 Å². The number of hydrogen-bond acceptors (Lipinski definition) is 2. The molecule has 0 nitrogen and oxygen atoms in total. The van der Waals surface area contributed by atoms with E-state index in [0.29, 0.717) is 0 Å². The summed E-state index contributed by atoms with van der Waals surface area (Å²) in [7, 11) is 0. The fraction of sp³-hybridized carbons (Fsp3) is 0.125. The van der Waals surface area contributed by atoms with Gasteiger partial charge in [0.2, 0.25) is 0 Å². The summed E-state index contributed by atoms with van der Waals surface area (Å²) in [5.41, 5.74) is 1.36. The first-order valence-corrected chi connectivity index (χ1v) is 7.52. The summed E-state index contributed by atoms with van der Waals surface area (Å²) in [6.45, 7) is 4.34. The smallest absolute Gasteiger partial charge is 0.0485 e. The van der Waals surface area contributed by atoms with Crippen LogP contribution in [-0.2, 0) is 0 Å². The SMILES string of the molecule is CC(C)=C(Sc1ccccc1)Sc1ccccc1. The first-order chi connectivity index (χ1) is 8.75. The van der Waals surface area contributed by atoms with Crippen molar-refractivity contribution in [2.75, 3.05) is 0 Å².